The van der Waals surface area contributed by atoms with Crippen molar-refractivity contribution in [2.45, 2.75) is 73.4 Å². The Morgan fingerprint density at radius 1 is 0.789 bits per heavy atom. The molecule has 3 heterocycles. The van der Waals surface area contributed by atoms with Crippen LogP contribution >= 0.6 is 0 Å². The summed E-state index contributed by atoms with van der Waals surface area (Å²) in [6, 6.07) is 45.3. The van der Waals surface area contributed by atoms with E-state index in [0.717, 1.165) is 49.7 Å². The summed E-state index contributed by atoms with van der Waals surface area (Å²) >= 11 is 0. The number of fused-ring (bicyclic) bond motifs is 3. The molecule has 0 unspecified atom stereocenters. The van der Waals surface area contributed by atoms with Crippen molar-refractivity contribution < 1.29 is 32.7 Å². The van der Waals surface area contributed by atoms with E-state index in [2.05, 4.69) is 67.1 Å². The maximum atomic E-state index is 8.66. The fourth-order valence-electron chi connectivity index (χ4n) is 6.93. The van der Waals surface area contributed by atoms with Gasteiger partial charge < -0.3 is 14.4 Å². The van der Waals surface area contributed by atoms with Crippen LogP contribution in [0.2, 0.25) is 19.6 Å². The molecule has 0 amide bonds. The van der Waals surface area contributed by atoms with Gasteiger partial charge in [-0.3, -0.25) is 0 Å². The predicted octanol–water partition coefficient (Wildman–Crippen LogP) is 13.9. The Hall–Kier alpha value is -4.93. The third-order valence-electron chi connectivity index (χ3n) is 9.64. The standard InChI is InChI=1S/C28H24NO.C24H28NSi.Ir/c1-28(2,3)18-19-14-15-29-25(16-19)24-11-7-10-23-22-13-12-21(17-26(22)30-27(23)24)20-8-5-4-6-9-20;1-17(2)21-15-23(25-16-24(21)26(4,5)6)20-13-12-18(3)22(14-20)19-10-8-7-9-11-19;/h4-10,12-17H,18H2,1-3H3;7-12,14-17H,1-6H3;/q2*-1;/i18D2;3D3,17D;. The molecule has 291 valence electrons. The first-order valence-corrected chi connectivity index (χ1v) is 22.6. The van der Waals surface area contributed by atoms with E-state index in [1.165, 1.54) is 5.19 Å². The Kier molecular flexibility index (Phi) is 10.3. The first-order chi connectivity index (χ1) is 29.0. The first-order valence-electron chi connectivity index (χ1n) is 22.1. The van der Waals surface area contributed by atoms with E-state index in [0.29, 0.717) is 28.1 Å². The molecular formula is C52H52IrN2OSi-2. The first kappa shape index (κ1) is 34.1. The minimum Gasteiger partial charge on any atom is -0.501 e. The monoisotopic (exact) mass is 947 g/mol. The van der Waals surface area contributed by atoms with Crippen molar-refractivity contribution in [3.8, 4) is 44.8 Å². The van der Waals surface area contributed by atoms with E-state index in [1.54, 1.807) is 18.3 Å². The molecule has 0 fully saturated rings. The van der Waals surface area contributed by atoms with Crippen LogP contribution in [0.1, 0.15) is 65.4 Å². The zero-order chi connectivity index (χ0) is 44.8. The van der Waals surface area contributed by atoms with Gasteiger partial charge >= 0.3 is 0 Å². The van der Waals surface area contributed by atoms with Gasteiger partial charge in [0.1, 0.15) is 5.58 Å². The number of aromatic nitrogens is 2. The molecule has 8 rings (SSSR count). The third-order valence-corrected chi connectivity index (χ3v) is 11.7. The molecule has 8 aromatic rings. The van der Waals surface area contributed by atoms with Gasteiger partial charge in [0.25, 0.3) is 0 Å². The second-order valence-electron chi connectivity index (χ2n) is 16.5. The Bertz CT molecular complexity index is 2880. The summed E-state index contributed by atoms with van der Waals surface area (Å²) in [6.07, 6.45) is 2.06. The molecule has 0 saturated heterocycles. The molecule has 0 atom stereocenters. The molecular weight excluding hydrogens is 889 g/mol. The van der Waals surface area contributed by atoms with Crippen molar-refractivity contribution in [2.75, 3.05) is 0 Å². The number of aryl methyl sites for hydroxylation is 1. The number of nitrogens with zero attached hydrogens (tertiary/aromatic N) is 2. The molecule has 0 spiro atoms. The fraction of sp³-hybridized carbons (Fsp3) is 0.231. The smallest absolute Gasteiger partial charge is 0.121 e. The molecule has 5 aromatic carbocycles. The van der Waals surface area contributed by atoms with E-state index >= 15 is 0 Å². The van der Waals surface area contributed by atoms with Crippen molar-refractivity contribution in [1.29, 1.82) is 0 Å². The van der Waals surface area contributed by atoms with Crippen molar-refractivity contribution >= 4 is 35.2 Å². The van der Waals surface area contributed by atoms with Gasteiger partial charge in [-0.2, -0.15) is 0 Å². The summed E-state index contributed by atoms with van der Waals surface area (Å²) in [5, 5.41) is 3.21. The Morgan fingerprint density at radius 2 is 1.51 bits per heavy atom. The molecule has 0 bridgehead atoms. The van der Waals surface area contributed by atoms with Crippen LogP contribution in [0.15, 0.2) is 138 Å². The van der Waals surface area contributed by atoms with Gasteiger partial charge in [0.05, 0.1) is 13.7 Å². The van der Waals surface area contributed by atoms with Gasteiger partial charge in [0.2, 0.25) is 0 Å². The van der Waals surface area contributed by atoms with Crippen LogP contribution < -0.4 is 5.19 Å². The second-order valence-corrected chi connectivity index (χ2v) is 21.5. The summed E-state index contributed by atoms with van der Waals surface area (Å²) in [5.74, 6) is -0.756. The van der Waals surface area contributed by atoms with Crippen LogP contribution in [0.3, 0.4) is 0 Å². The molecule has 0 N–H and O–H groups in total. The molecule has 3 aromatic heterocycles. The number of hydrogen-bond donors (Lipinski definition) is 0. The van der Waals surface area contributed by atoms with Crippen LogP contribution in [0.25, 0.3) is 66.7 Å². The van der Waals surface area contributed by atoms with Crippen molar-refractivity contribution in [1.82, 2.24) is 9.97 Å². The third kappa shape index (κ3) is 9.62. The van der Waals surface area contributed by atoms with Crippen LogP contribution in [-0.2, 0) is 26.5 Å². The average molecular weight is 947 g/mol. The van der Waals surface area contributed by atoms with E-state index in [-0.39, 0.29) is 25.7 Å². The minimum absolute atomic E-state index is 0. The van der Waals surface area contributed by atoms with Crippen LogP contribution in [0.5, 0.6) is 0 Å². The summed E-state index contributed by atoms with van der Waals surface area (Å²) in [7, 11) is -1.68. The van der Waals surface area contributed by atoms with Crippen molar-refractivity contribution in [2.24, 2.45) is 5.41 Å². The van der Waals surface area contributed by atoms with E-state index in [4.69, 9.17) is 17.6 Å². The van der Waals surface area contributed by atoms with Crippen LogP contribution in [0, 0.1) is 24.4 Å². The summed E-state index contributed by atoms with van der Waals surface area (Å²) in [6.45, 7) is 14.0. The minimum atomic E-state index is -2.23. The maximum Gasteiger partial charge on any atom is 0.121 e. The molecule has 3 nitrogen and oxygen atoms in total. The van der Waals surface area contributed by atoms with Gasteiger partial charge in [0.15, 0.2) is 0 Å². The number of rotatable bonds is 7. The van der Waals surface area contributed by atoms with E-state index < -0.39 is 32.6 Å². The predicted molar refractivity (Wildman–Crippen MR) is 240 cm³/mol. The Labute approximate surface area is 362 Å². The summed E-state index contributed by atoms with van der Waals surface area (Å²) in [4.78, 5) is 9.23. The molecule has 57 heavy (non-hydrogen) atoms. The molecule has 1 radical (unpaired) electrons. The maximum absolute atomic E-state index is 8.66. The number of furan rings is 1. The topological polar surface area (TPSA) is 38.9 Å². The number of hydrogen-bond acceptors (Lipinski definition) is 3. The zero-order valence-electron chi connectivity index (χ0n) is 39.8. The molecule has 0 aliphatic rings. The Morgan fingerprint density at radius 3 is 2.18 bits per heavy atom. The van der Waals surface area contributed by atoms with Crippen LogP contribution in [-0.4, -0.2) is 18.0 Å². The fourth-order valence-corrected chi connectivity index (χ4v) is 8.51. The molecule has 0 saturated carbocycles. The SMILES string of the molecule is [2H]C([2H])([2H])c1c[c-]c(-c2cc(C([2H])(C)C)c([Si](C)(C)C)cn2)cc1-c1ccccc1.[2H]C([2H])(c1ccnc(-c2[c-]ccc3c2oc2cc(-c4ccccc4)ccc23)c1)C(C)(C)C.[Ir]. The second kappa shape index (κ2) is 17.3. The zero-order valence-corrected chi connectivity index (χ0v) is 37.2. The van der Waals surface area contributed by atoms with Crippen molar-refractivity contribution in [3.05, 3.63) is 163 Å². The largest absolute Gasteiger partial charge is 0.501 e. The molecule has 0 aliphatic carbocycles. The summed E-state index contributed by atoms with van der Waals surface area (Å²) in [5.41, 5.74) is 9.41. The average Bonchev–Trinajstić information content (AvgIpc) is 3.61. The van der Waals surface area contributed by atoms with E-state index in [9.17, 15) is 0 Å². The van der Waals surface area contributed by atoms with E-state index in [1.807, 2.05) is 120 Å². The molecule has 5 heteroatoms. The normalized spacial score (nSPS) is 13.9. The molecule has 0 aliphatic heterocycles. The van der Waals surface area contributed by atoms with Gasteiger partial charge in [-0.15, -0.1) is 47.5 Å². The number of pyridine rings is 2. The van der Waals surface area contributed by atoms with Gasteiger partial charge in [-0.25, -0.2) is 0 Å². The Balaban J connectivity index is 0.000000207. The van der Waals surface area contributed by atoms with Gasteiger partial charge in [0, 0.05) is 46.1 Å². The number of benzene rings is 5. The van der Waals surface area contributed by atoms with Gasteiger partial charge in [-0.1, -0.05) is 174 Å². The summed E-state index contributed by atoms with van der Waals surface area (Å²) < 4.78 is 56.0. The quantitative estimate of drug-likeness (QED) is 0.118. The van der Waals surface area contributed by atoms with Crippen LogP contribution in [0.4, 0.5) is 0 Å². The van der Waals surface area contributed by atoms with Gasteiger partial charge in [-0.05, 0) is 63.1 Å². The van der Waals surface area contributed by atoms with Crippen molar-refractivity contribution in [3.63, 3.8) is 0 Å².